The van der Waals surface area contributed by atoms with Gasteiger partial charge in [0.05, 0.1) is 0 Å². The average molecular weight is 329 g/mol. The van der Waals surface area contributed by atoms with Crippen molar-refractivity contribution in [3.8, 4) is 0 Å². The number of nitrogens with one attached hydrogen (secondary N) is 2. The van der Waals surface area contributed by atoms with Gasteiger partial charge in [-0.15, -0.1) is 11.8 Å². The van der Waals surface area contributed by atoms with Crippen LogP contribution in [0.15, 0.2) is 34.2 Å². The molecule has 2 N–H and O–H groups in total. The fourth-order valence-electron chi connectivity index (χ4n) is 1.61. The van der Waals surface area contributed by atoms with Crippen molar-refractivity contribution in [1.82, 2.24) is 15.5 Å². The first-order chi connectivity index (χ1) is 10.2. The van der Waals surface area contributed by atoms with Crippen LogP contribution in [0.4, 0.5) is 0 Å². The summed E-state index contributed by atoms with van der Waals surface area (Å²) in [5.74, 6) is 1.84. The lowest BCUT2D eigenvalue weighted by Gasteiger charge is -2.16. The Morgan fingerprint density at radius 1 is 1.24 bits per heavy atom. The number of nitrogens with zero attached hydrogens (tertiary/aromatic N) is 2. The molecule has 0 atom stereocenters. The Morgan fingerprint density at radius 3 is 2.52 bits per heavy atom. The van der Waals surface area contributed by atoms with E-state index in [9.17, 15) is 0 Å². The lowest BCUT2D eigenvalue weighted by atomic mass is 10.4. The van der Waals surface area contributed by atoms with Gasteiger partial charge in [-0.05, 0) is 37.9 Å². The number of aliphatic imine (C=N–C) groups is 1. The smallest absolute Gasteiger partial charge is 0.191 e. The van der Waals surface area contributed by atoms with Gasteiger partial charge in [-0.1, -0.05) is 18.5 Å². The molecule has 0 aliphatic carbocycles. The number of guanidine groups is 1. The predicted molar refractivity (Wildman–Crippen MR) is 94.7 cm³/mol. The summed E-state index contributed by atoms with van der Waals surface area (Å²) in [6, 6.07) is 7.92. The fraction of sp³-hybridized carbons (Fsp3) is 0.533. The summed E-state index contributed by atoms with van der Waals surface area (Å²) in [5.41, 5.74) is 0. The number of rotatable bonds is 8. The Labute approximate surface area is 137 Å². The second kappa shape index (κ2) is 10.8. The van der Waals surface area contributed by atoms with E-state index in [1.807, 2.05) is 24.3 Å². The molecule has 0 saturated heterocycles. The molecule has 0 aliphatic rings. The highest BCUT2D eigenvalue weighted by Gasteiger charge is 1.99. The molecule has 0 radical (unpaired) electrons. The van der Waals surface area contributed by atoms with Crippen LogP contribution in [0.25, 0.3) is 0 Å². The zero-order valence-corrected chi connectivity index (χ0v) is 14.6. The summed E-state index contributed by atoms with van der Waals surface area (Å²) >= 11 is 7.67. The molecule has 0 aliphatic heterocycles. The molecule has 1 aromatic rings. The van der Waals surface area contributed by atoms with E-state index in [0.717, 1.165) is 42.9 Å². The van der Waals surface area contributed by atoms with E-state index < -0.39 is 0 Å². The van der Waals surface area contributed by atoms with Gasteiger partial charge < -0.3 is 15.5 Å². The first kappa shape index (κ1) is 18.1. The molecule has 118 valence electrons. The van der Waals surface area contributed by atoms with Crippen LogP contribution in [-0.4, -0.2) is 56.9 Å². The van der Waals surface area contributed by atoms with Crippen LogP contribution in [0.1, 0.15) is 6.92 Å². The molecule has 4 nitrogen and oxygen atoms in total. The Morgan fingerprint density at radius 2 is 1.90 bits per heavy atom. The summed E-state index contributed by atoms with van der Waals surface area (Å²) < 4.78 is 0. The SMILES string of the molecule is CCN(C)CCNC(=NC)NCCSc1ccc(Cl)cc1. The number of hydrogen-bond donors (Lipinski definition) is 2. The van der Waals surface area contributed by atoms with Gasteiger partial charge in [-0.3, -0.25) is 4.99 Å². The summed E-state index contributed by atoms with van der Waals surface area (Å²) in [4.78, 5) is 7.71. The Balaban J connectivity index is 2.16. The summed E-state index contributed by atoms with van der Waals surface area (Å²) in [7, 11) is 3.91. The van der Waals surface area contributed by atoms with Crippen molar-refractivity contribution < 1.29 is 0 Å². The maximum Gasteiger partial charge on any atom is 0.191 e. The number of hydrogen-bond acceptors (Lipinski definition) is 3. The third-order valence-corrected chi connectivity index (χ3v) is 4.29. The largest absolute Gasteiger partial charge is 0.356 e. The fourth-order valence-corrected chi connectivity index (χ4v) is 2.51. The molecule has 0 amide bonds. The van der Waals surface area contributed by atoms with Gasteiger partial charge in [0.1, 0.15) is 0 Å². The van der Waals surface area contributed by atoms with Crippen molar-refractivity contribution in [2.24, 2.45) is 4.99 Å². The maximum atomic E-state index is 5.87. The van der Waals surface area contributed by atoms with E-state index in [0.29, 0.717) is 0 Å². The molecule has 0 fully saturated rings. The standard InChI is InChI=1S/C15H25ClN4S/c1-4-20(3)11-9-18-15(17-2)19-10-12-21-14-7-5-13(16)6-8-14/h5-8H,4,9-12H2,1-3H3,(H2,17,18,19). The quantitative estimate of drug-likeness (QED) is 0.333. The van der Waals surface area contributed by atoms with Gasteiger partial charge in [0.15, 0.2) is 5.96 Å². The van der Waals surface area contributed by atoms with Crippen molar-refractivity contribution >= 4 is 29.3 Å². The summed E-state index contributed by atoms with van der Waals surface area (Å²) in [6.45, 7) is 5.99. The lowest BCUT2D eigenvalue weighted by Crippen LogP contribution is -2.41. The molecule has 0 bridgehead atoms. The highest BCUT2D eigenvalue weighted by Crippen LogP contribution is 2.19. The second-order valence-corrected chi connectivity index (χ2v) is 6.23. The Hall–Kier alpha value is -0.910. The molecule has 0 unspecified atom stereocenters. The normalized spacial score (nSPS) is 11.8. The highest BCUT2D eigenvalue weighted by molar-refractivity contribution is 7.99. The van der Waals surface area contributed by atoms with Gasteiger partial charge in [-0.2, -0.15) is 0 Å². The highest BCUT2D eigenvalue weighted by atomic mass is 35.5. The first-order valence-corrected chi connectivity index (χ1v) is 8.53. The van der Waals surface area contributed by atoms with E-state index in [-0.39, 0.29) is 0 Å². The monoisotopic (exact) mass is 328 g/mol. The molecule has 21 heavy (non-hydrogen) atoms. The second-order valence-electron chi connectivity index (χ2n) is 4.62. The van der Waals surface area contributed by atoms with Crippen LogP contribution in [0.2, 0.25) is 5.02 Å². The van der Waals surface area contributed by atoms with Crippen LogP contribution in [0.5, 0.6) is 0 Å². The molecular weight excluding hydrogens is 304 g/mol. The van der Waals surface area contributed by atoms with Gasteiger partial charge in [-0.25, -0.2) is 0 Å². The molecule has 1 aromatic carbocycles. The van der Waals surface area contributed by atoms with Crippen molar-refractivity contribution in [2.75, 3.05) is 46.0 Å². The van der Waals surface area contributed by atoms with Crippen LogP contribution >= 0.6 is 23.4 Å². The van der Waals surface area contributed by atoms with Crippen molar-refractivity contribution in [1.29, 1.82) is 0 Å². The van der Waals surface area contributed by atoms with E-state index >= 15 is 0 Å². The number of halogens is 1. The zero-order chi connectivity index (χ0) is 15.5. The molecule has 0 aromatic heterocycles. The van der Waals surface area contributed by atoms with Crippen LogP contribution in [-0.2, 0) is 0 Å². The van der Waals surface area contributed by atoms with Crippen molar-refractivity contribution in [3.05, 3.63) is 29.3 Å². The van der Waals surface area contributed by atoms with Gasteiger partial charge in [0.2, 0.25) is 0 Å². The number of thioether (sulfide) groups is 1. The minimum Gasteiger partial charge on any atom is -0.356 e. The van der Waals surface area contributed by atoms with Crippen molar-refractivity contribution in [2.45, 2.75) is 11.8 Å². The molecule has 6 heteroatoms. The molecule has 1 rings (SSSR count). The lowest BCUT2D eigenvalue weighted by molar-refractivity contribution is 0.357. The van der Waals surface area contributed by atoms with Gasteiger partial charge in [0.25, 0.3) is 0 Å². The van der Waals surface area contributed by atoms with Crippen LogP contribution < -0.4 is 10.6 Å². The molecule has 0 saturated carbocycles. The van der Waals surface area contributed by atoms with E-state index in [1.54, 1.807) is 18.8 Å². The maximum absolute atomic E-state index is 5.87. The van der Waals surface area contributed by atoms with Gasteiger partial charge >= 0.3 is 0 Å². The van der Waals surface area contributed by atoms with Gasteiger partial charge in [0, 0.05) is 42.4 Å². The Kier molecular flexibility index (Phi) is 9.30. The topological polar surface area (TPSA) is 39.7 Å². The molecular formula is C15H25ClN4S. The third-order valence-electron chi connectivity index (χ3n) is 3.03. The third kappa shape index (κ3) is 8.19. The Bertz CT molecular complexity index is 422. The minimum atomic E-state index is 0.777. The predicted octanol–water partition coefficient (Wildman–Crippen LogP) is 2.55. The summed E-state index contributed by atoms with van der Waals surface area (Å²) in [6.07, 6.45) is 0. The first-order valence-electron chi connectivity index (χ1n) is 7.17. The van der Waals surface area contributed by atoms with E-state index in [2.05, 4.69) is 34.5 Å². The minimum absolute atomic E-state index is 0.777. The van der Waals surface area contributed by atoms with E-state index in [4.69, 9.17) is 11.6 Å². The average Bonchev–Trinajstić information content (AvgIpc) is 2.51. The number of likely N-dealkylation sites (N-methyl/N-ethyl adjacent to an activating group) is 1. The van der Waals surface area contributed by atoms with E-state index in [1.165, 1.54) is 4.90 Å². The number of benzene rings is 1. The molecule has 0 heterocycles. The van der Waals surface area contributed by atoms with Crippen LogP contribution in [0, 0.1) is 0 Å². The summed E-state index contributed by atoms with van der Waals surface area (Å²) in [5, 5.41) is 7.40. The molecule has 0 spiro atoms. The van der Waals surface area contributed by atoms with Crippen LogP contribution in [0.3, 0.4) is 0 Å². The van der Waals surface area contributed by atoms with Crippen molar-refractivity contribution in [3.63, 3.8) is 0 Å². The zero-order valence-electron chi connectivity index (χ0n) is 13.0.